The average Bonchev–Trinajstić information content (AvgIpc) is 3.34. The molecule has 2 N–H and O–H groups in total. The molecule has 1 fully saturated rings. The van der Waals surface area contributed by atoms with Crippen LogP contribution in [0.4, 0.5) is 19.6 Å². The Hall–Kier alpha value is -3.03. The molecule has 0 saturated carbocycles. The van der Waals surface area contributed by atoms with Gasteiger partial charge in [0.25, 0.3) is 15.9 Å². The summed E-state index contributed by atoms with van der Waals surface area (Å²) >= 11 is 7.10. The fraction of sp³-hybridized carbons (Fsp3) is 0.231. The van der Waals surface area contributed by atoms with Crippen LogP contribution >= 0.6 is 35.3 Å². The topological polar surface area (TPSA) is 94.6 Å². The number of rotatable bonds is 8. The van der Waals surface area contributed by atoms with Gasteiger partial charge in [0.15, 0.2) is 10.9 Å². The van der Waals surface area contributed by atoms with Crippen molar-refractivity contribution in [3.05, 3.63) is 82.9 Å². The second-order valence-electron chi connectivity index (χ2n) is 8.96. The molecule has 1 aliphatic rings. The Balaban J connectivity index is 0.00000370. The van der Waals surface area contributed by atoms with Crippen LogP contribution in [0, 0.1) is 11.6 Å². The van der Waals surface area contributed by atoms with Crippen molar-refractivity contribution in [1.29, 1.82) is 0 Å². The highest BCUT2D eigenvalue weighted by Gasteiger charge is 2.21. The molecule has 0 aliphatic carbocycles. The van der Waals surface area contributed by atoms with Crippen molar-refractivity contribution in [3.8, 4) is 0 Å². The Morgan fingerprint density at radius 1 is 1.02 bits per heavy atom. The fourth-order valence-corrected chi connectivity index (χ4v) is 6.46. The van der Waals surface area contributed by atoms with Crippen LogP contribution in [0.25, 0.3) is 10.2 Å². The maximum atomic E-state index is 14.0. The van der Waals surface area contributed by atoms with E-state index in [9.17, 15) is 22.0 Å². The van der Waals surface area contributed by atoms with Gasteiger partial charge in [0.2, 0.25) is 0 Å². The van der Waals surface area contributed by atoms with Gasteiger partial charge in [-0.25, -0.2) is 22.2 Å². The van der Waals surface area contributed by atoms with E-state index in [0.29, 0.717) is 46.6 Å². The van der Waals surface area contributed by atoms with Gasteiger partial charge in [-0.1, -0.05) is 29.0 Å². The number of anilines is 2. The molecule has 5 rings (SSSR count). The van der Waals surface area contributed by atoms with Crippen molar-refractivity contribution in [3.63, 3.8) is 0 Å². The number of fused-ring (bicyclic) bond motifs is 1. The lowest BCUT2D eigenvalue weighted by Gasteiger charge is -2.34. The molecule has 4 aromatic rings. The van der Waals surface area contributed by atoms with Gasteiger partial charge in [-0.3, -0.25) is 14.4 Å². The molecule has 0 radical (unpaired) electrons. The van der Waals surface area contributed by atoms with E-state index in [2.05, 4.69) is 19.9 Å². The van der Waals surface area contributed by atoms with Gasteiger partial charge in [-0.2, -0.15) is 0 Å². The first-order chi connectivity index (χ1) is 18.7. The number of benzene rings is 3. The van der Waals surface area contributed by atoms with Crippen molar-refractivity contribution in [1.82, 2.24) is 15.2 Å². The van der Waals surface area contributed by atoms with Gasteiger partial charge in [0, 0.05) is 61.6 Å². The lowest BCUT2D eigenvalue weighted by atomic mass is 10.2. The Morgan fingerprint density at radius 2 is 1.75 bits per heavy atom. The molecule has 1 aromatic heterocycles. The third-order valence-corrected chi connectivity index (χ3v) is 8.97. The summed E-state index contributed by atoms with van der Waals surface area (Å²) < 4.78 is 55.7. The second kappa shape index (κ2) is 12.6. The zero-order valence-electron chi connectivity index (χ0n) is 20.9. The maximum absolute atomic E-state index is 14.0. The van der Waals surface area contributed by atoms with E-state index in [1.807, 2.05) is 4.90 Å². The van der Waals surface area contributed by atoms with E-state index in [-0.39, 0.29) is 34.4 Å². The number of hydrogen-bond acceptors (Lipinski definition) is 7. The highest BCUT2D eigenvalue weighted by Crippen LogP contribution is 2.31. The van der Waals surface area contributed by atoms with Crippen LogP contribution in [0.3, 0.4) is 0 Å². The van der Waals surface area contributed by atoms with Gasteiger partial charge in [-0.15, -0.1) is 12.4 Å². The van der Waals surface area contributed by atoms with Crippen LogP contribution in [0.1, 0.15) is 10.4 Å². The third-order valence-electron chi connectivity index (χ3n) is 6.26. The van der Waals surface area contributed by atoms with Gasteiger partial charge in [-0.05, 0) is 48.5 Å². The van der Waals surface area contributed by atoms with Crippen LogP contribution in [0.15, 0.2) is 65.6 Å². The summed E-state index contributed by atoms with van der Waals surface area (Å²) in [6, 6.07) is 14.2. The molecule has 0 atom stereocenters. The molecule has 1 saturated heterocycles. The molecule has 40 heavy (non-hydrogen) atoms. The van der Waals surface area contributed by atoms with E-state index < -0.39 is 21.7 Å². The number of aromatic nitrogens is 1. The van der Waals surface area contributed by atoms with E-state index in [1.165, 1.54) is 47.7 Å². The van der Waals surface area contributed by atoms with Crippen LogP contribution in [0.2, 0.25) is 5.02 Å². The first kappa shape index (κ1) is 29.9. The van der Waals surface area contributed by atoms with Crippen LogP contribution in [0.5, 0.6) is 0 Å². The van der Waals surface area contributed by atoms with Crippen molar-refractivity contribution < 1.29 is 22.0 Å². The predicted molar refractivity (Wildman–Crippen MR) is 156 cm³/mol. The number of carbonyl (C=O) groups excluding carboxylic acids is 1. The van der Waals surface area contributed by atoms with Crippen molar-refractivity contribution >= 4 is 72.3 Å². The average molecular weight is 629 g/mol. The summed E-state index contributed by atoms with van der Waals surface area (Å²) in [4.78, 5) is 21.3. The molecule has 8 nitrogen and oxygen atoms in total. The molecular formula is C26H25Cl2F2N5O3S2. The molecule has 0 bridgehead atoms. The highest BCUT2D eigenvalue weighted by atomic mass is 35.5. The van der Waals surface area contributed by atoms with Crippen LogP contribution in [-0.4, -0.2) is 63.5 Å². The molecule has 2 heterocycles. The van der Waals surface area contributed by atoms with E-state index in [1.54, 1.807) is 18.2 Å². The Kier molecular flexibility index (Phi) is 9.47. The minimum Gasteiger partial charge on any atom is -0.351 e. The monoisotopic (exact) mass is 627 g/mol. The Bertz CT molecular complexity index is 1610. The van der Waals surface area contributed by atoms with E-state index in [4.69, 9.17) is 11.6 Å². The molecule has 14 heteroatoms. The van der Waals surface area contributed by atoms with E-state index in [0.717, 1.165) is 19.2 Å². The summed E-state index contributed by atoms with van der Waals surface area (Å²) in [6.07, 6.45) is 0. The fourth-order valence-electron chi connectivity index (χ4n) is 4.22. The summed E-state index contributed by atoms with van der Waals surface area (Å²) in [5.41, 5.74) is 0.783. The zero-order valence-corrected chi connectivity index (χ0v) is 24.1. The van der Waals surface area contributed by atoms with Crippen LogP contribution in [-0.2, 0) is 10.0 Å². The quantitative estimate of drug-likeness (QED) is 0.285. The number of sulfonamides is 1. The maximum Gasteiger partial charge on any atom is 0.261 e. The number of carbonyl (C=O) groups is 1. The number of thiazole rings is 1. The normalized spacial score (nSPS) is 14.1. The standard InChI is InChI=1S/C26H24ClF2N5O3S2.ClH/c27-18-4-6-21(7-5-18)39(36,37)32-20-3-1-2-17(14-20)25(35)30-8-9-33-10-12-34(13-11-33)26-31-24-22(29)15-19(28)16-23(24)38-26;/h1-7,14-16,32H,8-13H2,(H,30,35);1H. The first-order valence-corrected chi connectivity index (χ1v) is 14.8. The molecular weight excluding hydrogens is 603 g/mol. The number of nitrogens with one attached hydrogen (secondary N) is 2. The molecule has 1 amide bonds. The molecule has 3 aromatic carbocycles. The van der Waals surface area contributed by atoms with Gasteiger partial charge < -0.3 is 10.2 Å². The molecule has 212 valence electrons. The second-order valence-corrected chi connectivity index (χ2v) is 12.1. The van der Waals surface area contributed by atoms with Gasteiger partial charge in [0.1, 0.15) is 11.3 Å². The lowest BCUT2D eigenvalue weighted by molar-refractivity contribution is 0.0947. The van der Waals surface area contributed by atoms with Gasteiger partial charge in [0.05, 0.1) is 9.60 Å². The Morgan fingerprint density at radius 3 is 2.48 bits per heavy atom. The number of nitrogens with zero attached hydrogens (tertiary/aromatic N) is 3. The van der Waals surface area contributed by atoms with Crippen molar-refractivity contribution in [2.45, 2.75) is 4.90 Å². The van der Waals surface area contributed by atoms with Crippen LogP contribution < -0.4 is 14.9 Å². The minimum atomic E-state index is -3.83. The van der Waals surface area contributed by atoms with Gasteiger partial charge >= 0.3 is 0 Å². The third kappa shape index (κ3) is 6.99. The molecule has 0 unspecified atom stereocenters. The Labute approximate surface area is 245 Å². The van der Waals surface area contributed by atoms with Crippen molar-refractivity contribution in [2.24, 2.45) is 0 Å². The molecule has 1 aliphatic heterocycles. The SMILES string of the molecule is Cl.O=C(NCCN1CCN(c2nc3c(F)cc(F)cc3s2)CC1)c1cccc(NS(=O)(=O)c2ccc(Cl)cc2)c1. The summed E-state index contributed by atoms with van der Waals surface area (Å²) in [7, 11) is -3.83. The number of hydrogen-bond donors (Lipinski definition) is 2. The van der Waals surface area contributed by atoms with Crippen molar-refractivity contribution in [2.75, 3.05) is 48.9 Å². The zero-order chi connectivity index (χ0) is 27.6. The number of halogens is 4. The smallest absolute Gasteiger partial charge is 0.261 e. The van der Waals surface area contributed by atoms with E-state index >= 15 is 0 Å². The first-order valence-electron chi connectivity index (χ1n) is 12.1. The predicted octanol–water partition coefficient (Wildman–Crippen LogP) is 5.00. The highest BCUT2D eigenvalue weighted by molar-refractivity contribution is 7.92. The summed E-state index contributed by atoms with van der Waals surface area (Å²) in [5.74, 6) is -1.59. The number of piperazine rings is 1. The summed E-state index contributed by atoms with van der Waals surface area (Å²) in [6.45, 7) is 3.84. The summed E-state index contributed by atoms with van der Waals surface area (Å²) in [5, 5.41) is 3.96. The lowest BCUT2D eigenvalue weighted by Crippen LogP contribution is -2.48. The largest absolute Gasteiger partial charge is 0.351 e. The molecule has 0 spiro atoms. The number of amides is 1. The minimum absolute atomic E-state index is 0.